The van der Waals surface area contributed by atoms with Crippen molar-refractivity contribution in [3.8, 4) is 10.8 Å². The molecule has 0 amide bonds. The highest BCUT2D eigenvalue weighted by Gasteiger charge is 2.31. The predicted molar refractivity (Wildman–Crippen MR) is 103 cm³/mol. The molecule has 3 aromatic rings. The summed E-state index contributed by atoms with van der Waals surface area (Å²) in [5.41, 5.74) is 1.31. The molecule has 0 radical (unpaired) electrons. The number of hydrogen-bond donors (Lipinski definition) is 2. The van der Waals surface area contributed by atoms with Gasteiger partial charge < -0.3 is 14.2 Å². The third kappa shape index (κ3) is 3.99. The van der Waals surface area contributed by atoms with E-state index in [0.29, 0.717) is 5.89 Å². The molecule has 5 nitrogen and oxygen atoms in total. The van der Waals surface area contributed by atoms with Crippen molar-refractivity contribution in [3.05, 3.63) is 58.3 Å². The van der Waals surface area contributed by atoms with Gasteiger partial charge in [0.1, 0.15) is 32.7 Å². The largest absolute Gasteiger partial charge is 0.414 e. The highest BCUT2D eigenvalue weighted by atomic mass is 35.5. The van der Waals surface area contributed by atoms with Crippen molar-refractivity contribution in [1.29, 1.82) is 0 Å². The lowest BCUT2D eigenvalue weighted by Crippen LogP contribution is -3.27. The van der Waals surface area contributed by atoms with Gasteiger partial charge in [-0.3, -0.25) is 0 Å². The van der Waals surface area contributed by atoms with Crippen LogP contribution in [0.3, 0.4) is 0 Å². The quantitative estimate of drug-likeness (QED) is 0.694. The van der Waals surface area contributed by atoms with E-state index in [1.54, 1.807) is 16.2 Å². The van der Waals surface area contributed by atoms with Crippen LogP contribution in [0.4, 0.5) is 0 Å². The van der Waals surface area contributed by atoms with Gasteiger partial charge in [0.25, 0.3) is 11.8 Å². The highest BCUT2D eigenvalue weighted by Crippen LogP contribution is 2.24. The molecule has 2 aromatic heterocycles. The zero-order valence-corrected chi connectivity index (χ0v) is 16.3. The second-order valence-corrected chi connectivity index (χ2v) is 8.24. The van der Waals surface area contributed by atoms with Crippen molar-refractivity contribution in [2.45, 2.75) is 19.5 Å². The predicted octanol–water partition coefficient (Wildman–Crippen LogP) is 1.50. The lowest BCUT2D eigenvalue weighted by molar-refractivity contribution is -1.03. The van der Waals surface area contributed by atoms with Crippen molar-refractivity contribution >= 4 is 22.9 Å². The molecule has 4 rings (SSSR count). The molecule has 1 aliphatic heterocycles. The van der Waals surface area contributed by atoms with Crippen molar-refractivity contribution in [2.24, 2.45) is 0 Å². The smallest absolute Gasteiger partial charge is 0.274 e. The number of benzene rings is 1. The average Bonchev–Trinajstić information content (AvgIpc) is 3.33. The van der Waals surface area contributed by atoms with E-state index in [2.05, 4.69) is 29.3 Å². The van der Waals surface area contributed by atoms with Gasteiger partial charge in [-0.05, 0) is 30.5 Å². The van der Waals surface area contributed by atoms with Crippen LogP contribution in [0.1, 0.15) is 24.4 Å². The first kappa shape index (κ1) is 17.7. The lowest BCUT2D eigenvalue weighted by atomic mass is 10.2. The molecule has 2 N–H and O–H groups in total. The van der Waals surface area contributed by atoms with Crippen LogP contribution in [0.2, 0.25) is 5.02 Å². The van der Waals surface area contributed by atoms with Crippen LogP contribution in [0.15, 0.2) is 46.2 Å². The Bertz CT molecular complexity index is 843. The van der Waals surface area contributed by atoms with Gasteiger partial charge in [-0.1, -0.05) is 29.8 Å². The monoisotopic (exact) mass is 390 g/mol. The molecule has 0 bridgehead atoms. The van der Waals surface area contributed by atoms with Gasteiger partial charge in [0.15, 0.2) is 6.04 Å². The molecule has 1 atom stereocenters. The van der Waals surface area contributed by atoms with Gasteiger partial charge >= 0.3 is 0 Å². The Labute approximate surface area is 162 Å². The Morgan fingerprint density at radius 3 is 2.73 bits per heavy atom. The zero-order chi connectivity index (χ0) is 17.9. The van der Waals surface area contributed by atoms with Crippen LogP contribution in [0.5, 0.6) is 0 Å². The van der Waals surface area contributed by atoms with Crippen LogP contribution in [-0.4, -0.2) is 36.4 Å². The number of thiophene rings is 1. The molecule has 7 heteroatoms. The summed E-state index contributed by atoms with van der Waals surface area (Å²) in [6.07, 6.45) is 0. The molecular formula is C19H23ClN4OS+2. The number of rotatable bonds is 5. The van der Waals surface area contributed by atoms with Crippen molar-refractivity contribution in [1.82, 2.24) is 10.2 Å². The summed E-state index contributed by atoms with van der Waals surface area (Å²) < 4.78 is 5.92. The third-order valence-corrected chi connectivity index (χ3v) is 6.19. The minimum Gasteiger partial charge on any atom is -0.414 e. The lowest BCUT2D eigenvalue weighted by Gasteiger charge is -2.32. The summed E-state index contributed by atoms with van der Waals surface area (Å²) >= 11 is 7.72. The van der Waals surface area contributed by atoms with Crippen LogP contribution in [0.25, 0.3) is 10.8 Å². The van der Waals surface area contributed by atoms with Gasteiger partial charge in [0.05, 0.1) is 4.88 Å². The maximum Gasteiger partial charge on any atom is 0.274 e. The van der Waals surface area contributed by atoms with Gasteiger partial charge in [0.2, 0.25) is 0 Å². The van der Waals surface area contributed by atoms with Gasteiger partial charge in [-0.2, -0.15) is 0 Å². The molecule has 3 heterocycles. The minimum absolute atomic E-state index is 0.226. The first-order valence-corrected chi connectivity index (χ1v) is 10.2. The number of nitrogens with zero attached hydrogens (tertiary/aromatic N) is 2. The molecule has 1 fully saturated rings. The number of quaternary nitrogens is 2. The van der Waals surface area contributed by atoms with Crippen LogP contribution >= 0.6 is 22.9 Å². The fourth-order valence-electron chi connectivity index (χ4n) is 3.55. The van der Waals surface area contributed by atoms with Crippen molar-refractivity contribution < 1.29 is 14.2 Å². The van der Waals surface area contributed by atoms with Gasteiger partial charge in [-0.15, -0.1) is 21.5 Å². The van der Waals surface area contributed by atoms with E-state index in [1.165, 1.54) is 10.5 Å². The SMILES string of the molecule is C[C@@H](c1nnc(-c2cccs2)o1)[NH+]1CC[NH+](Cc2cccc(Cl)c2)CC1. The summed E-state index contributed by atoms with van der Waals surface area (Å²) in [5, 5.41) is 11.3. The molecule has 136 valence electrons. The minimum atomic E-state index is 0.226. The second kappa shape index (κ2) is 7.88. The van der Waals surface area contributed by atoms with Crippen molar-refractivity contribution in [3.63, 3.8) is 0 Å². The summed E-state index contributed by atoms with van der Waals surface area (Å²) in [6.45, 7) is 7.70. The molecule has 1 saturated heterocycles. The molecule has 0 unspecified atom stereocenters. The maximum absolute atomic E-state index is 6.10. The Hall–Kier alpha value is -1.73. The van der Waals surface area contributed by atoms with E-state index in [-0.39, 0.29) is 6.04 Å². The van der Waals surface area contributed by atoms with E-state index < -0.39 is 0 Å². The maximum atomic E-state index is 6.10. The summed E-state index contributed by atoms with van der Waals surface area (Å²) in [5.74, 6) is 1.37. The van der Waals surface area contributed by atoms with Crippen LogP contribution in [-0.2, 0) is 6.54 Å². The van der Waals surface area contributed by atoms with E-state index in [0.717, 1.165) is 48.5 Å². The van der Waals surface area contributed by atoms with Gasteiger partial charge in [-0.25, -0.2) is 0 Å². The molecular weight excluding hydrogens is 368 g/mol. The highest BCUT2D eigenvalue weighted by molar-refractivity contribution is 7.13. The Kier molecular flexibility index (Phi) is 5.36. The topological polar surface area (TPSA) is 47.8 Å². The molecule has 0 saturated carbocycles. The van der Waals surface area contributed by atoms with Gasteiger partial charge in [0, 0.05) is 10.6 Å². The fraction of sp³-hybridized carbons (Fsp3) is 0.368. The van der Waals surface area contributed by atoms with Crippen LogP contribution in [0, 0.1) is 0 Å². The standard InChI is InChI=1S/C19H21ClN4OS/c1-14(18-21-22-19(25-18)17-6-3-11-26-17)24-9-7-23(8-10-24)13-15-4-2-5-16(20)12-15/h2-6,11-12,14H,7-10,13H2,1H3/p+2/t14-/m0/s1. The third-order valence-electron chi connectivity index (χ3n) is 5.10. The number of hydrogen-bond acceptors (Lipinski definition) is 4. The molecule has 1 aromatic carbocycles. The number of halogens is 1. The van der Waals surface area contributed by atoms with E-state index in [4.69, 9.17) is 16.0 Å². The zero-order valence-electron chi connectivity index (χ0n) is 14.7. The Morgan fingerprint density at radius 2 is 2.00 bits per heavy atom. The molecule has 26 heavy (non-hydrogen) atoms. The van der Waals surface area contributed by atoms with E-state index >= 15 is 0 Å². The number of nitrogens with one attached hydrogen (secondary N) is 2. The second-order valence-electron chi connectivity index (χ2n) is 6.86. The summed E-state index contributed by atoms with van der Waals surface area (Å²) in [4.78, 5) is 4.15. The molecule has 0 spiro atoms. The molecule has 1 aliphatic rings. The first-order valence-electron chi connectivity index (χ1n) is 8.99. The van der Waals surface area contributed by atoms with Crippen LogP contribution < -0.4 is 9.80 Å². The summed E-state index contributed by atoms with van der Waals surface area (Å²) in [6, 6.07) is 12.4. The Balaban J connectivity index is 1.34. The Morgan fingerprint density at radius 1 is 1.15 bits per heavy atom. The summed E-state index contributed by atoms with van der Waals surface area (Å²) in [7, 11) is 0. The fourth-order valence-corrected chi connectivity index (χ4v) is 4.41. The number of piperazine rings is 1. The average molecular weight is 391 g/mol. The molecule has 0 aliphatic carbocycles. The van der Waals surface area contributed by atoms with Crippen molar-refractivity contribution in [2.75, 3.05) is 26.2 Å². The van der Waals surface area contributed by atoms with E-state index in [1.807, 2.05) is 29.6 Å². The first-order chi connectivity index (χ1) is 12.7. The number of aromatic nitrogens is 2. The normalized spacial score (nSPS) is 21.6. The van der Waals surface area contributed by atoms with E-state index in [9.17, 15) is 0 Å².